The molecule has 0 radical (unpaired) electrons. The van der Waals surface area contributed by atoms with Crippen molar-refractivity contribution < 1.29 is 23.8 Å². The first-order valence-electron chi connectivity index (χ1n) is 8.52. The van der Waals surface area contributed by atoms with Gasteiger partial charge in [0.2, 0.25) is 0 Å². The predicted molar refractivity (Wildman–Crippen MR) is 109 cm³/mol. The highest BCUT2D eigenvalue weighted by Gasteiger charge is 2.08. The van der Waals surface area contributed by atoms with Crippen molar-refractivity contribution in [2.24, 2.45) is 5.10 Å². The lowest BCUT2D eigenvalue weighted by Gasteiger charge is -2.09. The number of nitrogens with zero attached hydrogens (tertiary/aromatic N) is 1. The van der Waals surface area contributed by atoms with E-state index in [4.69, 9.17) is 14.2 Å². The van der Waals surface area contributed by atoms with Crippen LogP contribution in [0, 0.1) is 0 Å². The highest BCUT2D eigenvalue weighted by molar-refractivity contribution is 9.10. The quantitative estimate of drug-likeness (QED) is 0.289. The number of hydrazone groups is 1. The molecule has 2 aromatic rings. The Bertz CT molecular complexity index is 883. The van der Waals surface area contributed by atoms with E-state index in [9.17, 15) is 9.59 Å². The van der Waals surface area contributed by atoms with Crippen LogP contribution < -0.4 is 19.6 Å². The summed E-state index contributed by atoms with van der Waals surface area (Å²) in [5.74, 6) is 0.440. The average Bonchev–Trinajstić information content (AvgIpc) is 2.67. The Morgan fingerprint density at radius 3 is 2.54 bits per heavy atom. The fraction of sp³-hybridized carbons (Fsp3) is 0.250. The van der Waals surface area contributed by atoms with Crippen molar-refractivity contribution in [3.05, 3.63) is 52.0 Å². The molecule has 2 aromatic carbocycles. The molecule has 0 spiro atoms. The molecule has 1 N–H and O–H groups in total. The van der Waals surface area contributed by atoms with Gasteiger partial charge in [-0.25, -0.2) is 5.43 Å². The van der Waals surface area contributed by atoms with Gasteiger partial charge in [0.1, 0.15) is 5.75 Å². The number of hydrogen-bond acceptors (Lipinski definition) is 6. The van der Waals surface area contributed by atoms with E-state index in [-0.39, 0.29) is 6.61 Å². The number of halogens is 1. The molecule has 2 rings (SSSR count). The zero-order chi connectivity index (χ0) is 20.5. The molecule has 0 unspecified atom stereocenters. The number of hydrogen-bond donors (Lipinski definition) is 1. The van der Waals surface area contributed by atoms with E-state index in [1.807, 2.05) is 18.2 Å². The van der Waals surface area contributed by atoms with Gasteiger partial charge in [-0.2, -0.15) is 5.10 Å². The van der Waals surface area contributed by atoms with E-state index < -0.39 is 11.9 Å². The Kier molecular flexibility index (Phi) is 8.01. The van der Waals surface area contributed by atoms with Crippen LogP contribution in [0.2, 0.25) is 0 Å². The molecule has 148 valence electrons. The lowest BCUT2D eigenvalue weighted by Crippen LogP contribution is -2.24. The number of amides is 1. The molecule has 0 heterocycles. The number of nitrogens with one attached hydrogen (secondary N) is 1. The Morgan fingerprint density at radius 1 is 1.14 bits per heavy atom. The van der Waals surface area contributed by atoms with Gasteiger partial charge >= 0.3 is 5.97 Å². The lowest BCUT2D eigenvalue weighted by molar-refractivity contribution is -0.132. The van der Waals surface area contributed by atoms with Gasteiger partial charge in [0.15, 0.2) is 18.1 Å². The van der Waals surface area contributed by atoms with Crippen molar-refractivity contribution in [1.82, 2.24) is 5.43 Å². The number of ether oxygens (including phenoxy) is 3. The maximum atomic E-state index is 11.9. The summed E-state index contributed by atoms with van der Waals surface area (Å²) in [6.07, 6.45) is 2.37. The second-order valence-corrected chi connectivity index (χ2v) is 6.56. The van der Waals surface area contributed by atoms with Gasteiger partial charge in [0, 0.05) is 6.92 Å². The van der Waals surface area contributed by atoms with E-state index >= 15 is 0 Å². The first-order valence-corrected chi connectivity index (χ1v) is 9.31. The SMILES string of the molecule is CCc1ccc(OCC(=O)NN=Cc2ccc(OC(C)=O)c(OC)c2)c(Br)c1. The fourth-order valence-electron chi connectivity index (χ4n) is 2.24. The number of aryl methyl sites for hydroxylation is 1. The summed E-state index contributed by atoms with van der Waals surface area (Å²) >= 11 is 3.43. The average molecular weight is 449 g/mol. The number of carbonyl (C=O) groups excluding carboxylic acids is 2. The molecule has 0 aromatic heterocycles. The normalized spacial score (nSPS) is 10.6. The summed E-state index contributed by atoms with van der Waals surface area (Å²) in [5, 5.41) is 3.89. The third-order valence-electron chi connectivity index (χ3n) is 3.61. The molecular formula is C20H21BrN2O5. The largest absolute Gasteiger partial charge is 0.493 e. The number of esters is 1. The monoisotopic (exact) mass is 448 g/mol. The van der Waals surface area contributed by atoms with Crippen LogP contribution in [-0.4, -0.2) is 31.8 Å². The molecular weight excluding hydrogens is 428 g/mol. The van der Waals surface area contributed by atoms with E-state index in [1.54, 1.807) is 18.2 Å². The summed E-state index contributed by atoms with van der Waals surface area (Å²) in [7, 11) is 1.47. The topological polar surface area (TPSA) is 86.2 Å². The van der Waals surface area contributed by atoms with Gasteiger partial charge in [-0.1, -0.05) is 13.0 Å². The Labute approximate surface area is 171 Å². The van der Waals surface area contributed by atoms with Crippen LogP contribution >= 0.6 is 15.9 Å². The van der Waals surface area contributed by atoms with E-state index in [0.717, 1.165) is 10.9 Å². The number of carbonyl (C=O) groups is 2. The highest BCUT2D eigenvalue weighted by atomic mass is 79.9. The van der Waals surface area contributed by atoms with Crippen LogP contribution in [0.1, 0.15) is 25.0 Å². The highest BCUT2D eigenvalue weighted by Crippen LogP contribution is 2.28. The maximum absolute atomic E-state index is 11.9. The molecule has 0 saturated heterocycles. The van der Waals surface area contributed by atoms with E-state index in [1.165, 1.54) is 25.8 Å². The van der Waals surface area contributed by atoms with Crippen molar-refractivity contribution in [3.8, 4) is 17.2 Å². The summed E-state index contributed by atoms with van der Waals surface area (Å²) in [4.78, 5) is 23.0. The molecule has 8 heteroatoms. The van der Waals surface area contributed by atoms with E-state index in [0.29, 0.717) is 22.8 Å². The van der Waals surface area contributed by atoms with Gasteiger partial charge in [-0.3, -0.25) is 9.59 Å². The maximum Gasteiger partial charge on any atom is 0.308 e. The third-order valence-corrected chi connectivity index (χ3v) is 4.23. The van der Waals surface area contributed by atoms with Crippen molar-refractivity contribution in [2.75, 3.05) is 13.7 Å². The molecule has 0 bridgehead atoms. The molecule has 0 fully saturated rings. The number of benzene rings is 2. The van der Waals surface area contributed by atoms with Crippen LogP contribution in [0.3, 0.4) is 0 Å². The Morgan fingerprint density at radius 2 is 1.89 bits per heavy atom. The van der Waals surface area contributed by atoms with E-state index in [2.05, 4.69) is 33.4 Å². The zero-order valence-corrected chi connectivity index (χ0v) is 17.4. The lowest BCUT2D eigenvalue weighted by atomic mass is 10.2. The molecule has 1 amide bonds. The molecule has 0 saturated carbocycles. The second-order valence-electron chi connectivity index (χ2n) is 5.70. The summed E-state index contributed by atoms with van der Waals surface area (Å²) < 4.78 is 16.5. The van der Waals surface area contributed by atoms with Gasteiger partial charge in [0.05, 0.1) is 17.8 Å². The number of methoxy groups -OCH3 is 1. The third kappa shape index (κ3) is 6.38. The van der Waals surface area contributed by atoms with Gasteiger partial charge < -0.3 is 14.2 Å². The summed E-state index contributed by atoms with van der Waals surface area (Å²) in [6.45, 7) is 3.20. The molecule has 7 nitrogen and oxygen atoms in total. The van der Waals surface area contributed by atoms with Gasteiger partial charge in [-0.15, -0.1) is 0 Å². The molecule has 0 aliphatic rings. The fourth-order valence-corrected chi connectivity index (χ4v) is 2.78. The molecule has 0 aliphatic carbocycles. The first kappa shape index (κ1) is 21.4. The van der Waals surface area contributed by atoms with Gasteiger partial charge in [-0.05, 0) is 63.8 Å². The van der Waals surface area contributed by atoms with Crippen molar-refractivity contribution in [3.63, 3.8) is 0 Å². The minimum absolute atomic E-state index is 0.171. The summed E-state index contributed by atoms with van der Waals surface area (Å²) in [6, 6.07) is 10.6. The minimum atomic E-state index is -0.442. The standard InChI is InChI=1S/C20H21BrN2O5/c1-4-14-5-7-17(16(21)9-14)27-12-20(25)23-22-11-15-6-8-18(28-13(2)24)19(10-15)26-3/h5-11H,4,12H2,1-3H3,(H,23,25). The van der Waals surface area contributed by atoms with Crippen LogP contribution in [0.15, 0.2) is 46.0 Å². The molecule has 0 atom stereocenters. The van der Waals surface area contributed by atoms with Crippen LogP contribution in [0.25, 0.3) is 0 Å². The van der Waals surface area contributed by atoms with Crippen LogP contribution in [0.4, 0.5) is 0 Å². The molecule has 0 aliphatic heterocycles. The predicted octanol–water partition coefficient (Wildman–Crippen LogP) is 3.47. The molecule has 28 heavy (non-hydrogen) atoms. The van der Waals surface area contributed by atoms with Crippen molar-refractivity contribution in [2.45, 2.75) is 20.3 Å². The first-order chi connectivity index (χ1) is 13.4. The summed E-state index contributed by atoms with van der Waals surface area (Å²) in [5.41, 5.74) is 4.22. The van der Waals surface area contributed by atoms with Crippen molar-refractivity contribution >= 4 is 34.0 Å². The smallest absolute Gasteiger partial charge is 0.308 e. The zero-order valence-electron chi connectivity index (χ0n) is 15.8. The number of rotatable bonds is 8. The second kappa shape index (κ2) is 10.5. The minimum Gasteiger partial charge on any atom is -0.493 e. The Balaban J connectivity index is 1.90. The van der Waals surface area contributed by atoms with Crippen molar-refractivity contribution in [1.29, 1.82) is 0 Å². The van der Waals surface area contributed by atoms with Gasteiger partial charge in [0.25, 0.3) is 5.91 Å². The Hall–Kier alpha value is -2.87. The van der Waals surface area contributed by atoms with Crippen LogP contribution in [-0.2, 0) is 16.0 Å². The van der Waals surface area contributed by atoms with Crippen LogP contribution in [0.5, 0.6) is 17.2 Å².